The topological polar surface area (TPSA) is 69.6 Å². The highest BCUT2D eigenvalue weighted by Gasteiger charge is 2.32. The highest BCUT2D eigenvalue weighted by molar-refractivity contribution is 5.84. The first-order chi connectivity index (χ1) is 8.68. The van der Waals surface area contributed by atoms with Crippen molar-refractivity contribution in [3.05, 3.63) is 0 Å². The van der Waals surface area contributed by atoms with Crippen molar-refractivity contribution in [2.24, 2.45) is 0 Å². The van der Waals surface area contributed by atoms with Crippen molar-refractivity contribution < 1.29 is 14.7 Å². The standard InChI is InChI=1S/C13H22N2O3/c16-12(9-10-5-1-3-7-14-10)15-8-4-2-6-11(15)13(17)18/h10-11,14H,1-9H2,(H,17,18). The van der Waals surface area contributed by atoms with Crippen molar-refractivity contribution in [3.63, 3.8) is 0 Å². The number of carbonyl (C=O) groups is 2. The van der Waals surface area contributed by atoms with Crippen LogP contribution in [0.25, 0.3) is 0 Å². The van der Waals surface area contributed by atoms with E-state index in [-0.39, 0.29) is 11.9 Å². The molecule has 5 nitrogen and oxygen atoms in total. The summed E-state index contributed by atoms with van der Waals surface area (Å²) in [4.78, 5) is 24.9. The number of carboxylic acid groups (broad SMARTS) is 1. The number of rotatable bonds is 3. The van der Waals surface area contributed by atoms with Gasteiger partial charge in [-0.3, -0.25) is 4.79 Å². The molecule has 2 aliphatic heterocycles. The average Bonchev–Trinajstić information content (AvgIpc) is 2.40. The fourth-order valence-electron chi connectivity index (χ4n) is 2.91. The van der Waals surface area contributed by atoms with Crippen LogP contribution < -0.4 is 5.32 Å². The quantitative estimate of drug-likeness (QED) is 0.788. The number of aliphatic carboxylic acids is 1. The van der Waals surface area contributed by atoms with Crippen molar-refractivity contribution in [2.75, 3.05) is 13.1 Å². The summed E-state index contributed by atoms with van der Waals surface area (Å²) in [6.07, 6.45) is 6.23. The third kappa shape index (κ3) is 3.22. The normalized spacial score (nSPS) is 29.0. The van der Waals surface area contributed by atoms with E-state index < -0.39 is 12.0 Å². The maximum atomic E-state index is 12.2. The van der Waals surface area contributed by atoms with Gasteiger partial charge in [0.1, 0.15) is 6.04 Å². The number of amides is 1. The number of hydrogen-bond donors (Lipinski definition) is 2. The van der Waals surface area contributed by atoms with Crippen LogP contribution in [-0.2, 0) is 9.59 Å². The van der Waals surface area contributed by atoms with Crippen LogP contribution in [0.2, 0.25) is 0 Å². The van der Waals surface area contributed by atoms with Crippen LogP contribution in [-0.4, -0.2) is 47.1 Å². The van der Waals surface area contributed by atoms with Crippen molar-refractivity contribution in [1.82, 2.24) is 10.2 Å². The lowest BCUT2D eigenvalue weighted by Gasteiger charge is -2.34. The molecule has 0 aromatic rings. The van der Waals surface area contributed by atoms with Gasteiger partial charge < -0.3 is 15.3 Å². The molecule has 0 saturated carbocycles. The predicted molar refractivity (Wildman–Crippen MR) is 67.2 cm³/mol. The lowest BCUT2D eigenvalue weighted by molar-refractivity contribution is -0.152. The van der Waals surface area contributed by atoms with Crippen molar-refractivity contribution in [3.8, 4) is 0 Å². The van der Waals surface area contributed by atoms with Gasteiger partial charge in [0.25, 0.3) is 0 Å². The largest absolute Gasteiger partial charge is 0.480 e. The zero-order valence-electron chi connectivity index (χ0n) is 10.7. The van der Waals surface area contributed by atoms with Gasteiger partial charge in [-0.1, -0.05) is 6.42 Å². The Labute approximate surface area is 108 Å². The maximum Gasteiger partial charge on any atom is 0.326 e. The van der Waals surface area contributed by atoms with Gasteiger partial charge in [-0.05, 0) is 38.6 Å². The van der Waals surface area contributed by atoms with E-state index >= 15 is 0 Å². The van der Waals surface area contributed by atoms with E-state index in [1.165, 1.54) is 6.42 Å². The molecule has 2 N–H and O–H groups in total. The van der Waals surface area contributed by atoms with Gasteiger partial charge in [-0.15, -0.1) is 0 Å². The van der Waals surface area contributed by atoms with Crippen LogP contribution in [0.15, 0.2) is 0 Å². The van der Waals surface area contributed by atoms with Crippen LogP contribution in [0, 0.1) is 0 Å². The lowest BCUT2D eigenvalue weighted by atomic mass is 9.98. The number of nitrogens with one attached hydrogen (secondary N) is 1. The maximum absolute atomic E-state index is 12.2. The molecule has 18 heavy (non-hydrogen) atoms. The minimum atomic E-state index is -0.861. The Hall–Kier alpha value is -1.10. The van der Waals surface area contributed by atoms with Crippen LogP contribution in [0.3, 0.4) is 0 Å². The molecule has 0 radical (unpaired) electrons. The van der Waals surface area contributed by atoms with E-state index in [1.807, 2.05) is 0 Å². The SMILES string of the molecule is O=C(O)C1CCCCN1C(=O)CC1CCCCN1. The Morgan fingerprint density at radius 2 is 1.94 bits per heavy atom. The summed E-state index contributed by atoms with van der Waals surface area (Å²) in [6.45, 7) is 1.57. The third-order valence-corrected chi connectivity index (χ3v) is 3.94. The molecule has 0 aromatic heterocycles. The van der Waals surface area contributed by atoms with E-state index in [4.69, 9.17) is 5.11 Å². The van der Waals surface area contributed by atoms with Crippen molar-refractivity contribution in [1.29, 1.82) is 0 Å². The van der Waals surface area contributed by atoms with E-state index in [1.54, 1.807) is 4.90 Å². The summed E-state index contributed by atoms with van der Waals surface area (Å²) in [5.41, 5.74) is 0. The van der Waals surface area contributed by atoms with Crippen LogP contribution in [0.5, 0.6) is 0 Å². The second-order valence-electron chi connectivity index (χ2n) is 5.29. The fourth-order valence-corrected chi connectivity index (χ4v) is 2.91. The first kappa shape index (κ1) is 13.3. The summed E-state index contributed by atoms with van der Waals surface area (Å²) in [6, 6.07) is -0.363. The lowest BCUT2D eigenvalue weighted by Crippen LogP contribution is -2.50. The molecule has 0 aliphatic carbocycles. The second-order valence-corrected chi connectivity index (χ2v) is 5.29. The molecule has 0 bridgehead atoms. The van der Waals surface area contributed by atoms with Gasteiger partial charge in [0.05, 0.1) is 0 Å². The fraction of sp³-hybridized carbons (Fsp3) is 0.846. The molecular formula is C13H22N2O3. The van der Waals surface area contributed by atoms with Gasteiger partial charge in [-0.2, -0.15) is 0 Å². The molecule has 102 valence electrons. The molecule has 2 unspecified atom stereocenters. The molecule has 2 fully saturated rings. The van der Waals surface area contributed by atoms with Gasteiger partial charge >= 0.3 is 5.97 Å². The number of nitrogens with zero attached hydrogens (tertiary/aromatic N) is 1. The number of likely N-dealkylation sites (tertiary alicyclic amines) is 1. The highest BCUT2D eigenvalue weighted by Crippen LogP contribution is 2.20. The first-order valence-electron chi connectivity index (χ1n) is 6.94. The summed E-state index contributed by atoms with van der Waals surface area (Å²) in [5, 5.41) is 12.5. The Balaban J connectivity index is 1.91. The summed E-state index contributed by atoms with van der Waals surface area (Å²) < 4.78 is 0. The molecular weight excluding hydrogens is 232 g/mol. The second kappa shape index (κ2) is 6.18. The molecule has 1 amide bonds. The van der Waals surface area contributed by atoms with Crippen LogP contribution in [0.1, 0.15) is 44.9 Å². The van der Waals surface area contributed by atoms with E-state index in [0.717, 1.165) is 32.2 Å². The van der Waals surface area contributed by atoms with Gasteiger partial charge in [0, 0.05) is 19.0 Å². The molecule has 0 spiro atoms. The Morgan fingerprint density at radius 3 is 2.61 bits per heavy atom. The minimum absolute atomic E-state index is 0.00139. The zero-order valence-corrected chi connectivity index (χ0v) is 10.7. The zero-order chi connectivity index (χ0) is 13.0. The molecule has 2 aliphatic rings. The Morgan fingerprint density at radius 1 is 1.17 bits per heavy atom. The predicted octanol–water partition coefficient (Wildman–Crippen LogP) is 0.984. The Kier molecular flexibility index (Phi) is 4.58. The summed E-state index contributed by atoms with van der Waals surface area (Å²) >= 11 is 0. The van der Waals surface area contributed by atoms with Crippen molar-refractivity contribution in [2.45, 2.75) is 57.0 Å². The third-order valence-electron chi connectivity index (χ3n) is 3.94. The molecule has 2 saturated heterocycles. The van der Waals surface area contributed by atoms with Gasteiger partial charge in [0.2, 0.25) is 5.91 Å². The smallest absolute Gasteiger partial charge is 0.326 e. The highest BCUT2D eigenvalue weighted by atomic mass is 16.4. The van der Waals surface area contributed by atoms with Crippen LogP contribution >= 0.6 is 0 Å². The average molecular weight is 254 g/mol. The monoisotopic (exact) mass is 254 g/mol. The number of piperidine rings is 2. The first-order valence-corrected chi connectivity index (χ1v) is 6.94. The number of carbonyl (C=O) groups excluding carboxylic acids is 1. The van der Waals surface area contributed by atoms with Crippen LogP contribution in [0.4, 0.5) is 0 Å². The molecule has 5 heteroatoms. The summed E-state index contributed by atoms with van der Waals surface area (Å²) in [7, 11) is 0. The number of carboxylic acids is 1. The van der Waals surface area contributed by atoms with Gasteiger partial charge in [-0.25, -0.2) is 4.79 Å². The minimum Gasteiger partial charge on any atom is -0.480 e. The summed E-state index contributed by atoms with van der Waals surface area (Å²) in [5.74, 6) is -0.860. The van der Waals surface area contributed by atoms with Crippen molar-refractivity contribution >= 4 is 11.9 Å². The number of hydrogen-bond acceptors (Lipinski definition) is 3. The molecule has 2 rings (SSSR count). The molecule has 2 heterocycles. The van der Waals surface area contributed by atoms with E-state index in [9.17, 15) is 9.59 Å². The molecule has 0 aromatic carbocycles. The van der Waals surface area contributed by atoms with E-state index in [2.05, 4.69) is 5.32 Å². The molecule has 2 atom stereocenters. The Bertz CT molecular complexity index is 313. The van der Waals surface area contributed by atoms with E-state index in [0.29, 0.717) is 19.4 Å². The van der Waals surface area contributed by atoms with Gasteiger partial charge in [0.15, 0.2) is 0 Å².